The van der Waals surface area contributed by atoms with Crippen LogP contribution in [0.5, 0.6) is 0 Å². The highest BCUT2D eigenvalue weighted by Gasteiger charge is 2.22. The molecule has 1 aliphatic rings. The van der Waals surface area contributed by atoms with E-state index in [1.165, 1.54) is 10.6 Å². The fourth-order valence-corrected chi connectivity index (χ4v) is 4.50. The van der Waals surface area contributed by atoms with Crippen molar-refractivity contribution in [2.75, 3.05) is 44.3 Å². The minimum absolute atomic E-state index is 0.120. The quantitative estimate of drug-likeness (QED) is 0.782. The summed E-state index contributed by atoms with van der Waals surface area (Å²) in [6, 6.07) is 5.79. The molecule has 0 bridgehead atoms. The molecule has 0 atom stereocenters. The number of aromatic nitrogens is 2. The SMILES string of the molecule is CS(=O)(=O)N1CCCN(CC(=O)Nc2ccnn2Cc2cccs2)CC1. The molecule has 26 heavy (non-hydrogen) atoms. The molecule has 3 heterocycles. The number of sulfonamides is 1. The highest BCUT2D eigenvalue weighted by molar-refractivity contribution is 7.88. The largest absolute Gasteiger partial charge is 0.310 e. The number of anilines is 1. The second-order valence-electron chi connectivity index (χ2n) is 6.29. The first kappa shape index (κ1) is 19.0. The van der Waals surface area contributed by atoms with Crippen molar-refractivity contribution in [2.24, 2.45) is 0 Å². The molecule has 3 rings (SSSR count). The summed E-state index contributed by atoms with van der Waals surface area (Å²) >= 11 is 1.65. The molecule has 8 nitrogen and oxygen atoms in total. The number of carbonyl (C=O) groups is 1. The molecule has 1 fully saturated rings. The van der Waals surface area contributed by atoms with Gasteiger partial charge in [0.15, 0.2) is 0 Å². The van der Waals surface area contributed by atoms with Gasteiger partial charge in [-0.25, -0.2) is 17.4 Å². The number of amides is 1. The molecule has 0 unspecified atom stereocenters. The van der Waals surface area contributed by atoms with Crippen molar-refractivity contribution in [1.29, 1.82) is 0 Å². The van der Waals surface area contributed by atoms with Crippen molar-refractivity contribution in [3.8, 4) is 0 Å². The van der Waals surface area contributed by atoms with E-state index < -0.39 is 10.0 Å². The molecule has 1 saturated heterocycles. The average Bonchev–Trinajstić information content (AvgIpc) is 3.16. The van der Waals surface area contributed by atoms with Gasteiger partial charge in [0.05, 0.1) is 25.5 Å². The summed E-state index contributed by atoms with van der Waals surface area (Å²) in [6.07, 6.45) is 3.61. The number of hydrogen-bond donors (Lipinski definition) is 1. The summed E-state index contributed by atoms with van der Waals surface area (Å²) in [6.45, 7) is 3.03. The standard InChI is InChI=1S/C16H23N5O3S2/c1-26(23,24)20-8-3-7-19(9-10-20)13-16(22)18-15-5-6-17-21(15)12-14-4-2-11-25-14/h2,4-6,11H,3,7-10,12-13H2,1H3,(H,18,22). The molecule has 0 aromatic carbocycles. The lowest BCUT2D eigenvalue weighted by atomic mass is 10.4. The van der Waals surface area contributed by atoms with E-state index in [9.17, 15) is 13.2 Å². The topological polar surface area (TPSA) is 87.5 Å². The van der Waals surface area contributed by atoms with Gasteiger partial charge in [0.1, 0.15) is 5.82 Å². The third kappa shape index (κ3) is 5.13. The van der Waals surface area contributed by atoms with Crippen molar-refractivity contribution >= 4 is 33.1 Å². The van der Waals surface area contributed by atoms with Crippen LogP contribution in [0.15, 0.2) is 29.8 Å². The van der Waals surface area contributed by atoms with Crippen molar-refractivity contribution in [2.45, 2.75) is 13.0 Å². The molecule has 1 amide bonds. The molecule has 2 aromatic rings. The van der Waals surface area contributed by atoms with E-state index in [0.717, 1.165) is 11.3 Å². The summed E-state index contributed by atoms with van der Waals surface area (Å²) in [5.41, 5.74) is 0. The maximum atomic E-state index is 12.4. The first-order valence-corrected chi connectivity index (χ1v) is 11.2. The molecule has 142 valence electrons. The zero-order valence-electron chi connectivity index (χ0n) is 14.7. The van der Waals surface area contributed by atoms with Gasteiger partial charge in [-0.1, -0.05) is 6.07 Å². The highest BCUT2D eigenvalue weighted by atomic mass is 32.2. The number of nitrogens with one attached hydrogen (secondary N) is 1. The summed E-state index contributed by atoms with van der Waals surface area (Å²) in [7, 11) is -3.18. The van der Waals surface area contributed by atoms with E-state index in [4.69, 9.17) is 0 Å². The third-order valence-electron chi connectivity index (χ3n) is 4.25. The fourth-order valence-electron chi connectivity index (χ4n) is 2.94. The Morgan fingerprint density at radius 3 is 2.85 bits per heavy atom. The van der Waals surface area contributed by atoms with Crippen LogP contribution in [-0.2, 0) is 21.4 Å². The van der Waals surface area contributed by atoms with Crippen LogP contribution in [0.1, 0.15) is 11.3 Å². The second-order valence-corrected chi connectivity index (χ2v) is 9.31. The maximum Gasteiger partial charge on any atom is 0.239 e. The van der Waals surface area contributed by atoms with E-state index in [1.807, 2.05) is 22.4 Å². The Morgan fingerprint density at radius 1 is 1.27 bits per heavy atom. The van der Waals surface area contributed by atoms with Crippen LogP contribution in [0.25, 0.3) is 0 Å². The molecular weight excluding hydrogens is 374 g/mol. The van der Waals surface area contributed by atoms with Crippen LogP contribution in [0.3, 0.4) is 0 Å². The van der Waals surface area contributed by atoms with Gasteiger partial charge < -0.3 is 5.32 Å². The zero-order valence-corrected chi connectivity index (χ0v) is 16.3. The number of hydrogen-bond acceptors (Lipinski definition) is 6. The number of carbonyl (C=O) groups excluding carboxylic acids is 1. The first-order chi connectivity index (χ1) is 12.4. The second kappa shape index (κ2) is 8.30. The van der Waals surface area contributed by atoms with Crippen LogP contribution in [-0.4, -0.2) is 72.3 Å². The van der Waals surface area contributed by atoms with Crippen LogP contribution in [0.2, 0.25) is 0 Å². The van der Waals surface area contributed by atoms with Crippen LogP contribution in [0, 0.1) is 0 Å². The predicted octanol–water partition coefficient (Wildman–Crippen LogP) is 0.899. The number of thiophene rings is 1. The minimum atomic E-state index is -3.18. The Kier molecular flexibility index (Phi) is 6.07. The lowest BCUT2D eigenvalue weighted by molar-refractivity contribution is -0.117. The van der Waals surface area contributed by atoms with Gasteiger partial charge >= 0.3 is 0 Å². The van der Waals surface area contributed by atoms with Gasteiger partial charge in [0.25, 0.3) is 0 Å². The third-order valence-corrected chi connectivity index (χ3v) is 6.42. The predicted molar refractivity (Wildman–Crippen MR) is 102 cm³/mol. The van der Waals surface area contributed by atoms with Gasteiger partial charge in [0.2, 0.25) is 15.9 Å². The lowest BCUT2D eigenvalue weighted by Gasteiger charge is -2.20. The summed E-state index contributed by atoms with van der Waals surface area (Å²) < 4.78 is 26.6. The molecule has 0 saturated carbocycles. The molecule has 0 radical (unpaired) electrons. The Hall–Kier alpha value is -1.75. The summed E-state index contributed by atoms with van der Waals surface area (Å²) in [5.74, 6) is 0.543. The smallest absolute Gasteiger partial charge is 0.239 e. The van der Waals surface area contributed by atoms with Gasteiger partial charge in [-0.15, -0.1) is 11.3 Å². The van der Waals surface area contributed by atoms with E-state index in [1.54, 1.807) is 28.3 Å². The Balaban J connectivity index is 1.54. The van der Waals surface area contributed by atoms with Crippen LogP contribution in [0.4, 0.5) is 5.82 Å². The molecule has 0 spiro atoms. The van der Waals surface area contributed by atoms with Gasteiger partial charge in [0, 0.05) is 30.6 Å². The zero-order chi connectivity index (χ0) is 18.6. The molecule has 2 aromatic heterocycles. The van der Waals surface area contributed by atoms with E-state index >= 15 is 0 Å². The highest BCUT2D eigenvalue weighted by Crippen LogP contribution is 2.14. The minimum Gasteiger partial charge on any atom is -0.310 e. The first-order valence-electron chi connectivity index (χ1n) is 8.43. The lowest BCUT2D eigenvalue weighted by Crippen LogP contribution is -2.37. The van der Waals surface area contributed by atoms with Crippen LogP contribution >= 0.6 is 11.3 Å². The van der Waals surface area contributed by atoms with E-state index in [0.29, 0.717) is 38.5 Å². The van der Waals surface area contributed by atoms with Gasteiger partial charge in [-0.2, -0.15) is 5.10 Å². The number of rotatable bonds is 6. The van der Waals surface area contributed by atoms with Gasteiger partial charge in [-0.05, 0) is 24.4 Å². The molecule has 10 heteroatoms. The number of nitrogens with zero attached hydrogens (tertiary/aromatic N) is 4. The van der Waals surface area contributed by atoms with Crippen molar-refractivity contribution in [3.05, 3.63) is 34.7 Å². The van der Waals surface area contributed by atoms with Crippen molar-refractivity contribution in [3.63, 3.8) is 0 Å². The van der Waals surface area contributed by atoms with E-state index in [2.05, 4.69) is 10.4 Å². The molecular formula is C16H23N5O3S2. The summed E-state index contributed by atoms with van der Waals surface area (Å²) in [5, 5.41) is 9.18. The summed E-state index contributed by atoms with van der Waals surface area (Å²) in [4.78, 5) is 15.6. The maximum absolute atomic E-state index is 12.4. The monoisotopic (exact) mass is 397 g/mol. The van der Waals surface area contributed by atoms with Crippen molar-refractivity contribution < 1.29 is 13.2 Å². The van der Waals surface area contributed by atoms with Gasteiger partial charge in [-0.3, -0.25) is 9.69 Å². The van der Waals surface area contributed by atoms with Crippen molar-refractivity contribution in [1.82, 2.24) is 19.0 Å². The molecule has 1 aliphatic heterocycles. The molecule has 1 N–H and O–H groups in total. The molecule has 0 aliphatic carbocycles. The Morgan fingerprint density at radius 2 is 2.12 bits per heavy atom. The Bertz CT molecular complexity index is 832. The average molecular weight is 398 g/mol. The normalized spacial score (nSPS) is 17.1. The van der Waals surface area contributed by atoms with E-state index in [-0.39, 0.29) is 12.5 Å². The Labute approximate surface area is 157 Å². The fraction of sp³-hybridized carbons (Fsp3) is 0.500. The van der Waals surface area contributed by atoms with Crippen LogP contribution < -0.4 is 5.32 Å².